The molecular formula is C31H50O2. The van der Waals surface area contributed by atoms with E-state index in [4.69, 9.17) is 4.74 Å². The molecule has 186 valence electrons. The second kappa shape index (κ2) is 8.27. The van der Waals surface area contributed by atoms with Gasteiger partial charge in [0.25, 0.3) is 0 Å². The van der Waals surface area contributed by atoms with Crippen molar-refractivity contribution in [3.05, 3.63) is 24.3 Å². The summed E-state index contributed by atoms with van der Waals surface area (Å²) in [6, 6.07) is 0. The number of allylic oxidation sites excluding steroid dienone is 2. The molecule has 0 amide bonds. The van der Waals surface area contributed by atoms with Gasteiger partial charge in [-0.15, -0.1) is 0 Å². The van der Waals surface area contributed by atoms with Crippen molar-refractivity contribution in [3.8, 4) is 0 Å². The van der Waals surface area contributed by atoms with E-state index in [1.54, 1.807) is 0 Å². The van der Waals surface area contributed by atoms with Crippen molar-refractivity contribution in [2.45, 2.75) is 106 Å². The van der Waals surface area contributed by atoms with Gasteiger partial charge in [0.2, 0.25) is 0 Å². The molecule has 4 fully saturated rings. The molecule has 0 saturated heterocycles. The highest BCUT2D eigenvalue weighted by molar-refractivity contribution is 5.69. The Labute approximate surface area is 204 Å². The molecule has 0 heterocycles. The molecule has 0 bridgehead atoms. The molecule has 0 aromatic heterocycles. The van der Waals surface area contributed by atoms with Gasteiger partial charge in [0.05, 0.1) is 7.11 Å². The summed E-state index contributed by atoms with van der Waals surface area (Å²) < 4.78 is 5.07. The highest BCUT2D eigenvalue weighted by Gasteiger charge is 2.68. The second-order valence-corrected chi connectivity index (χ2v) is 13.8. The summed E-state index contributed by atoms with van der Waals surface area (Å²) in [7, 11) is 1.52. The lowest BCUT2D eigenvalue weighted by Crippen LogP contribution is -2.63. The van der Waals surface area contributed by atoms with Crippen molar-refractivity contribution in [1.29, 1.82) is 0 Å². The lowest BCUT2D eigenvalue weighted by molar-refractivity contribution is -0.214. The third kappa shape index (κ3) is 3.51. The maximum absolute atomic E-state index is 12.2. The Balaban J connectivity index is 1.73. The fraction of sp³-hybridized carbons (Fsp3) is 0.839. The van der Waals surface area contributed by atoms with Crippen molar-refractivity contribution in [1.82, 2.24) is 0 Å². The summed E-state index contributed by atoms with van der Waals surface area (Å²) in [6.07, 6.45) is 12.1. The summed E-state index contributed by atoms with van der Waals surface area (Å²) in [5.74, 6) is 3.38. The van der Waals surface area contributed by atoms with Gasteiger partial charge in [-0.05, 0) is 123 Å². The first-order valence-electron chi connectivity index (χ1n) is 13.7. The number of carbonyl (C=O) groups excluding carboxylic acids is 1. The standard InChI is InChI=1S/C31H50O2/c1-20(2)22-12-15-28(5)18-19-30(7)24(27(22)28)10-11-25-29(6,16-14-26(32)33-9)23(21(3)4)13-17-31(25,30)8/h22-25,27H,1,3,10-19H2,2,4-9H3/t22-,23+,24-,25-,27-,28-,29+,30-,31?/m1/s1. The summed E-state index contributed by atoms with van der Waals surface area (Å²) >= 11 is 0. The fourth-order valence-corrected chi connectivity index (χ4v) is 10.5. The minimum atomic E-state index is -0.0625. The van der Waals surface area contributed by atoms with Gasteiger partial charge >= 0.3 is 5.97 Å². The number of rotatable bonds is 5. The highest BCUT2D eigenvalue weighted by atomic mass is 16.5. The maximum atomic E-state index is 12.2. The molecule has 1 unspecified atom stereocenters. The molecular weight excluding hydrogens is 404 g/mol. The number of carbonyl (C=O) groups is 1. The van der Waals surface area contributed by atoms with Gasteiger partial charge in [-0.25, -0.2) is 0 Å². The monoisotopic (exact) mass is 454 g/mol. The Kier molecular flexibility index (Phi) is 6.28. The van der Waals surface area contributed by atoms with Gasteiger partial charge in [-0.1, -0.05) is 52.0 Å². The Morgan fingerprint density at radius 2 is 1.58 bits per heavy atom. The molecule has 0 N–H and O–H groups in total. The van der Waals surface area contributed by atoms with Crippen LogP contribution in [0.2, 0.25) is 0 Å². The van der Waals surface area contributed by atoms with Crippen molar-refractivity contribution < 1.29 is 9.53 Å². The zero-order valence-electron chi connectivity index (χ0n) is 22.7. The fourth-order valence-electron chi connectivity index (χ4n) is 10.5. The summed E-state index contributed by atoms with van der Waals surface area (Å²) in [6.45, 7) is 23.9. The average molecular weight is 455 g/mol. The van der Waals surface area contributed by atoms with Crippen LogP contribution in [0.3, 0.4) is 0 Å². The minimum absolute atomic E-state index is 0.0625. The van der Waals surface area contributed by atoms with Gasteiger partial charge in [0.15, 0.2) is 0 Å². The Morgan fingerprint density at radius 3 is 2.18 bits per heavy atom. The predicted octanol–water partition coefficient (Wildman–Crippen LogP) is 8.37. The van der Waals surface area contributed by atoms with Crippen molar-refractivity contribution in [2.75, 3.05) is 7.11 Å². The molecule has 2 heteroatoms. The quantitative estimate of drug-likeness (QED) is 0.308. The third-order valence-corrected chi connectivity index (χ3v) is 12.4. The Morgan fingerprint density at radius 1 is 0.879 bits per heavy atom. The normalized spacial score (nSPS) is 48.9. The molecule has 0 aromatic rings. The number of hydrogen-bond donors (Lipinski definition) is 0. The minimum Gasteiger partial charge on any atom is -0.469 e. The van der Waals surface area contributed by atoms with Crippen molar-refractivity contribution >= 4 is 5.97 Å². The summed E-state index contributed by atoms with van der Waals surface area (Å²) in [4.78, 5) is 12.2. The van der Waals surface area contributed by atoms with E-state index in [1.165, 1.54) is 69.6 Å². The van der Waals surface area contributed by atoms with Crippen LogP contribution in [0.4, 0.5) is 0 Å². The number of fused-ring (bicyclic) bond motifs is 5. The molecule has 0 aromatic carbocycles. The molecule has 4 aliphatic carbocycles. The van der Waals surface area contributed by atoms with E-state index in [2.05, 4.69) is 54.7 Å². The maximum Gasteiger partial charge on any atom is 0.305 e. The molecule has 4 saturated carbocycles. The van der Waals surface area contributed by atoms with Gasteiger partial charge < -0.3 is 4.74 Å². The Hall–Kier alpha value is -1.05. The van der Waals surface area contributed by atoms with Gasteiger partial charge in [0, 0.05) is 6.42 Å². The van der Waals surface area contributed by atoms with E-state index in [0.29, 0.717) is 40.4 Å². The van der Waals surface area contributed by atoms with Crippen LogP contribution in [0.5, 0.6) is 0 Å². The lowest BCUT2D eigenvalue weighted by atomic mass is 9.34. The number of esters is 1. The molecule has 2 nitrogen and oxygen atoms in total. The molecule has 0 aliphatic heterocycles. The van der Waals surface area contributed by atoms with Crippen LogP contribution in [0, 0.1) is 51.2 Å². The zero-order chi connectivity index (χ0) is 24.4. The van der Waals surface area contributed by atoms with E-state index in [-0.39, 0.29) is 11.4 Å². The van der Waals surface area contributed by atoms with Crippen LogP contribution in [0.25, 0.3) is 0 Å². The van der Waals surface area contributed by atoms with E-state index in [9.17, 15) is 4.79 Å². The van der Waals surface area contributed by atoms with E-state index < -0.39 is 0 Å². The van der Waals surface area contributed by atoms with Gasteiger partial charge in [-0.3, -0.25) is 4.79 Å². The first-order chi connectivity index (χ1) is 15.3. The van der Waals surface area contributed by atoms with Crippen molar-refractivity contribution in [3.63, 3.8) is 0 Å². The summed E-state index contributed by atoms with van der Waals surface area (Å²) in [5.41, 5.74) is 4.03. The molecule has 0 spiro atoms. The second-order valence-electron chi connectivity index (χ2n) is 13.8. The first kappa shape index (κ1) is 25.1. The zero-order valence-corrected chi connectivity index (χ0v) is 22.7. The third-order valence-electron chi connectivity index (χ3n) is 12.4. The van der Waals surface area contributed by atoms with Crippen LogP contribution < -0.4 is 0 Å². The molecule has 4 rings (SSSR count). The molecule has 4 aliphatic rings. The predicted molar refractivity (Wildman–Crippen MR) is 138 cm³/mol. The molecule has 0 radical (unpaired) electrons. The van der Waals surface area contributed by atoms with E-state index >= 15 is 0 Å². The topological polar surface area (TPSA) is 26.3 Å². The number of methoxy groups -OCH3 is 1. The first-order valence-corrected chi connectivity index (χ1v) is 13.7. The highest BCUT2D eigenvalue weighted by Crippen LogP contribution is 2.76. The summed E-state index contributed by atoms with van der Waals surface area (Å²) in [5, 5.41) is 0. The molecule has 9 atom stereocenters. The number of hydrogen-bond acceptors (Lipinski definition) is 2. The van der Waals surface area contributed by atoms with Crippen LogP contribution >= 0.6 is 0 Å². The van der Waals surface area contributed by atoms with Crippen LogP contribution in [-0.4, -0.2) is 13.1 Å². The molecule has 33 heavy (non-hydrogen) atoms. The van der Waals surface area contributed by atoms with Gasteiger partial charge in [-0.2, -0.15) is 0 Å². The smallest absolute Gasteiger partial charge is 0.305 e. The van der Waals surface area contributed by atoms with Crippen LogP contribution in [-0.2, 0) is 9.53 Å². The van der Waals surface area contributed by atoms with Crippen molar-refractivity contribution in [2.24, 2.45) is 51.2 Å². The van der Waals surface area contributed by atoms with Crippen LogP contribution in [0.1, 0.15) is 106 Å². The number of ether oxygens (including phenoxy) is 1. The SMILES string of the molecule is C=C(C)[C@H]1CC[C@]2(C)CC[C@]3(C)[C@H](CC[C@H]4C3(C)CC[C@@H](C(=C)C)[C@]4(C)CCC(=O)OC)[C@@H]12. The van der Waals surface area contributed by atoms with Gasteiger partial charge in [0.1, 0.15) is 0 Å². The Bertz CT molecular complexity index is 827. The average Bonchev–Trinajstić information content (AvgIpc) is 3.10. The lowest BCUT2D eigenvalue weighted by Gasteiger charge is -2.71. The van der Waals surface area contributed by atoms with Crippen LogP contribution in [0.15, 0.2) is 24.3 Å². The largest absolute Gasteiger partial charge is 0.469 e. The van der Waals surface area contributed by atoms with E-state index in [1.807, 2.05) is 0 Å². The van der Waals surface area contributed by atoms with E-state index in [0.717, 1.165) is 18.3 Å².